The summed E-state index contributed by atoms with van der Waals surface area (Å²) in [5.41, 5.74) is 0.168. The zero-order valence-corrected chi connectivity index (χ0v) is 10.9. The smallest absolute Gasteiger partial charge is 0.123 e. The fourth-order valence-corrected chi connectivity index (χ4v) is 1.96. The molecule has 16 heavy (non-hydrogen) atoms. The summed E-state index contributed by atoms with van der Waals surface area (Å²) in [7, 11) is 0. The summed E-state index contributed by atoms with van der Waals surface area (Å²) >= 11 is 4.33. The summed E-state index contributed by atoms with van der Waals surface area (Å²) in [4.78, 5) is 0. The lowest BCUT2D eigenvalue weighted by Gasteiger charge is -2.29. The molecule has 0 saturated carbocycles. The second kappa shape index (κ2) is 5.58. The fraction of sp³-hybridized carbons (Fsp3) is 0.538. The van der Waals surface area contributed by atoms with E-state index in [1.54, 1.807) is 12.1 Å². The molecule has 0 saturated heterocycles. The van der Waals surface area contributed by atoms with E-state index in [9.17, 15) is 4.39 Å². The van der Waals surface area contributed by atoms with Gasteiger partial charge in [-0.1, -0.05) is 20.8 Å². The quantitative estimate of drug-likeness (QED) is 0.790. The minimum absolute atomic E-state index is 0.168. The molecule has 3 heteroatoms. The molecule has 0 aliphatic rings. The van der Waals surface area contributed by atoms with Crippen molar-refractivity contribution in [1.29, 1.82) is 0 Å². The minimum Gasteiger partial charge on any atom is -0.493 e. The lowest BCUT2D eigenvalue weighted by atomic mass is 9.82. The Morgan fingerprint density at radius 3 is 2.25 bits per heavy atom. The van der Waals surface area contributed by atoms with E-state index in [0.717, 1.165) is 5.75 Å². The first-order valence-corrected chi connectivity index (χ1v) is 6.06. The molecule has 0 bridgehead atoms. The van der Waals surface area contributed by atoms with Crippen LogP contribution in [0, 0.1) is 17.2 Å². The summed E-state index contributed by atoms with van der Waals surface area (Å²) in [6, 6.07) is 6.10. The molecule has 0 aliphatic carbocycles. The number of halogens is 1. The van der Waals surface area contributed by atoms with Gasteiger partial charge in [0.05, 0.1) is 6.61 Å². The Balaban J connectivity index is 2.53. The first-order chi connectivity index (χ1) is 7.43. The van der Waals surface area contributed by atoms with Crippen molar-refractivity contribution < 1.29 is 9.13 Å². The molecule has 1 atom stereocenters. The molecule has 1 rings (SSSR count). The zero-order chi connectivity index (χ0) is 12.2. The number of hydrogen-bond acceptors (Lipinski definition) is 2. The Morgan fingerprint density at radius 2 is 1.81 bits per heavy atom. The van der Waals surface area contributed by atoms with Gasteiger partial charge in [-0.05, 0) is 35.4 Å². The topological polar surface area (TPSA) is 9.23 Å². The molecule has 0 aromatic heterocycles. The maximum absolute atomic E-state index is 12.7. The van der Waals surface area contributed by atoms with Crippen LogP contribution in [0.2, 0.25) is 0 Å². The van der Waals surface area contributed by atoms with Gasteiger partial charge in [-0.3, -0.25) is 0 Å². The van der Waals surface area contributed by atoms with Gasteiger partial charge in [0.25, 0.3) is 0 Å². The molecule has 0 N–H and O–H groups in total. The van der Waals surface area contributed by atoms with Crippen molar-refractivity contribution in [2.24, 2.45) is 11.3 Å². The summed E-state index contributed by atoms with van der Waals surface area (Å²) in [5, 5.41) is 0. The number of thiol groups is 1. The van der Waals surface area contributed by atoms with Crippen LogP contribution in [0.15, 0.2) is 24.3 Å². The Bertz CT molecular complexity index is 316. The van der Waals surface area contributed by atoms with Crippen LogP contribution in [0.25, 0.3) is 0 Å². The number of hydrogen-bond donors (Lipinski definition) is 1. The van der Waals surface area contributed by atoms with Crippen LogP contribution in [-0.4, -0.2) is 12.4 Å². The van der Waals surface area contributed by atoms with E-state index in [1.807, 2.05) is 0 Å². The standard InChI is InChI=1S/C13H19FOS/c1-13(2,3)10(9-16)8-15-12-6-4-11(14)5-7-12/h4-7,10,16H,8-9H2,1-3H3. The van der Waals surface area contributed by atoms with Crippen molar-refractivity contribution in [3.05, 3.63) is 30.1 Å². The molecule has 0 fully saturated rings. The molecule has 0 spiro atoms. The lowest BCUT2D eigenvalue weighted by Crippen LogP contribution is -2.28. The van der Waals surface area contributed by atoms with Crippen LogP contribution in [0.1, 0.15) is 20.8 Å². The minimum atomic E-state index is -0.242. The molecule has 1 aromatic rings. The van der Waals surface area contributed by atoms with Gasteiger partial charge in [0.15, 0.2) is 0 Å². The van der Waals surface area contributed by atoms with Crippen molar-refractivity contribution in [3.63, 3.8) is 0 Å². The molecular weight excluding hydrogens is 223 g/mol. The third-order valence-electron chi connectivity index (χ3n) is 2.71. The SMILES string of the molecule is CC(C)(C)C(CS)COc1ccc(F)cc1. The maximum atomic E-state index is 12.7. The molecule has 0 radical (unpaired) electrons. The van der Waals surface area contributed by atoms with Crippen LogP contribution in [-0.2, 0) is 0 Å². The van der Waals surface area contributed by atoms with Crippen molar-refractivity contribution in [1.82, 2.24) is 0 Å². The first-order valence-electron chi connectivity index (χ1n) is 5.42. The van der Waals surface area contributed by atoms with E-state index < -0.39 is 0 Å². The summed E-state index contributed by atoms with van der Waals surface area (Å²) < 4.78 is 18.3. The van der Waals surface area contributed by atoms with E-state index in [2.05, 4.69) is 33.4 Å². The van der Waals surface area contributed by atoms with E-state index in [0.29, 0.717) is 18.3 Å². The average Bonchev–Trinajstić information content (AvgIpc) is 2.19. The van der Waals surface area contributed by atoms with Gasteiger partial charge < -0.3 is 4.74 Å². The van der Waals surface area contributed by atoms with Crippen LogP contribution in [0.5, 0.6) is 5.75 Å². The normalized spacial score (nSPS) is 13.6. The predicted octanol–water partition coefficient (Wildman–Crippen LogP) is 3.80. The average molecular weight is 242 g/mol. The van der Waals surface area contributed by atoms with E-state index in [-0.39, 0.29) is 11.2 Å². The molecule has 1 nitrogen and oxygen atoms in total. The van der Waals surface area contributed by atoms with Gasteiger partial charge in [-0.15, -0.1) is 0 Å². The fourth-order valence-electron chi connectivity index (χ4n) is 1.30. The van der Waals surface area contributed by atoms with Gasteiger partial charge in [-0.25, -0.2) is 4.39 Å². The Hall–Kier alpha value is -0.700. The Kier molecular flexibility index (Phi) is 4.66. The third-order valence-corrected chi connectivity index (χ3v) is 3.15. The second-order valence-corrected chi connectivity index (χ2v) is 5.38. The predicted molar refractivity (Wildman–Crippen MR) is 68.7 cm³/mol. The highest BCUT2D eigenvalue weighted by molar-refractivity contribution is 7.80. The number of benzene rings is 1. The van der Waals surface area contributed by atoms with Crippen LogP contribution in [0.3, 0.4) is 0 Å². The van der Waals surface area contributed by atoms with Crippen LogP contribution in [0.4, 0.5) is 4.39 Å². The largest absolute Gasteiger partial charge is 0.493 e. The van der Waals surface area contributed by atoms with Gasteiger partial charge >= 0.3 is 0 Å². The summed E-state index contributed by atoms with van der Waals surface area (Å²) in [6.07, 6.45) is 0. The summed E-state index contributed by atoms with van der Waals surface area (Å²) in [6.45, 7) is 7.12. The van der Waals surface area contributed by atoms with Crippen molar-refractivity contribution in [3.8, 4) is 5.75 Å². The molecule has 0 aliphatic heterocycles. The van der Waals surface area contributed by atoms with Crippen molar-refractivity contribution in [2.45, 2.75) is 20.8 Å². The van der Waals surface area contributed by atoms with Gasteiger partial charge in [-0.2, -0.15) is 12.6 Å². The third kappa shape index (κ3) is 4.05. The molecule has 90 valence electrons. The highest BCUT2D eigenvalue weighted by atomic mass is 32.1. The van der Waals surface area contributed by atoms with Crippen LogP contribution < -0.4 is 4.74 Å². The molecular formula is C13H19FOS. The van der Waals surface area contributed by atoms with Crippen molar-refractivity contribution >= 4 is 12.6 Å². The first kappa shape index (κ1) is 13.4. The zero-order valence-electron chi connectivity index (χ0n) is 10.0. The monoisotopic (exact) mass is 242 g/mol. The van der Waals surface area contributed by atoms with E-state index in [1.165, 1.54) is 12.1 Å². The number of ether oxygens (including phenoxy) is 1. The second-order valence-electron chi connectivity index (χ2n) is 5.01. The maximum Gasteiger partial charge on any atom is 0.123 e. The van der Waals surface area contributed by atoms with Gasteiger partial charge in [0, 0.05) is 5.92 Å². The molecule has 0 heterocycles. The summed E-state index contributed by atoms with van der Waals surface area (Å²) in [5.74, 6) is 1.62. The molecule has 0 amide bonds. The lowest BCUT2D eigenvalue weighted by molar-refractivity contribution is 0.165. The van der Waals surface area contributed by atoms with Gasteiger partial charge in [0.1, 0.15) is 11.6 Å². The molecule has 1 aromatic carbocycles. The molecule has 1 unspecified atom stereocenters. The Morgan fingerprint density at radius 1 is 1.25 bits per heavy atom. The van der Waals surface area contributed by atoms with Crippen LogP contribution >= 0.6 is 12.6 Å². The number of rotatable bonds is 4. The van der Waals surface area contributed by atoms with E-state index >= 15 is 0 Å². The van der Waals surface area contributed by atoms with E-state index in [4.69, 9.17) is 4.74 Å². The Labute approximate surface area is 102 Å². The highest BCUT2D eigenvalue weighted by Crippen LogP contribution is 2.27. The van der Waals surface area contributed by atoms with Gasteiger partial charge in [0.2, 0.25) is 0 Å². The van der Waals surface area contributed by atoms with Crippen molar-refractivity contribution in [2.75, 3.05) is 12.4 Å². The highest BCUT2D eigenvalue weighted by Gasteiger charge is 2.23.